The maximum absolute atomic E-state index is 12.3. The van der Waals surface area contributed by atoms with Crippen LogP contribution >= 0.6 is 0 Å². The molecule has 150 valence electrons. The average Bonchev–Trinajstić information content (AvgIpc) is 3.17. The van der Waals surface area contributed by atoms with E-state index >= 15 is 0 Å². The zero-order valence-electron chi connectivity index (χ0n) is 15.3. The zero-order chi connectivity index (χ0) is 19.3. The molecule has 0 unspecified atom stereocenters. The molecule has 2 heterocycles. The molecule has 0 spiro atoms. The average molecular weight is 385 g/mol. The van der Waals surface area contributed by atoms with E-state index in [2.05, 4.69) is 15.0 Å². The number of ether oxygens (including phenoxy) is 1. The van der Waals surface area contributed by atoms with E-state index in [0.717, 1.165) is 31.5 Å². The molecule has 2 saturated heterocycles. The number of benzene rings is 1. The van der Waals surface area contributed by atoms with Gasteiger partial charge in [0, 0.05) is 25.7 Å². The second-order valence-corrected chi connectivity index (χ2v) is 7.13. The first kappa shape index (κ1) is 19.8. The molecule has 3 rings (SSSR count). The lowest BCUT2D eigenvalue weighted by atomic mass is 10.0. The molecule has 1 aromatic carbocycles. The van der Waals surface area contributed by atoms with E-state index in [9.17, 15) is 18.0 Å². The van der Waals surface area contributed by atoms with Crippen molar-refractivity contribution in [1.82, 2.24) is 15.1 Å². The molecule has 1 N–H and O–H groups in total. The third-order valence-corrected chi connectivity index (χ3v) is 5.26. The van der Waals surface area contributed by atoms with E-state index in [-0.39, 0.29) is 11.8 Å². The number of nitrogens with one attached hydrogen (secondary N) is 1. The summed E-state index contributed by atoms with van der Waals surface area (Å²) in [4.78, 5) is 16.7. The highest BCUT2D eigenvalue weighted by Gasteiger charge is 2.31. The Labute approximate surface area is 157 Å². The number of carbonyl (C=O) groups is 1. The summed E-state index contributed by atoms with van der Waals surface area (Å²) in [5.41, 5.74) is 0.845. The molecule has 0 bridgehead atoms. The molecule has 5 nitrogen and oxygen atoms in total. The standard InChI is InChI=1S/C19H26F3N3O2/c20-19(21,22)27-17-5-3-15(4-6-17)7-10-23-18(26)25-13-8-16(9-14-25)24-11-1-2-12-24/h3-6,16H,1-2,7-14H2,(H,23,26). The van der Waals surface area contributed by atoms with Crippen molar-refractivity contribution in [3.8, 4) is 5.75 Å². The Hall–Kier alpha value is -1.96. The first-order valence-corrected chi connectivity index (χ1v) is 9.52. The van der Waals surface area contributed by atoms with Gasteiger partial charge < -0.3 is 19.9 Å². The summed E-state index contributed by atoms with van der Waals surface area (Å²) in [5.74, 6) is -0.240. The lowest BCUT2D eigenvalue weighted by Gasteiger charge is -2.36. The highest BCUT2D eigenvalue weighted by atomic mass is 19.4. The van der Waals surface area contributed by atoms with Crippen LogP contribution < -0.4 is 10.1 Å². The molecule has 27 heavy (non-hydrogen) atoms. The summed E-state index contributed by atoms with van der Waals surface area (Å²) < 4.78 is 40.3. The largest absolute Gasteiger partial charge is 0.573 e. The van der Waals surface area contributed by atoms with Crippen LogP contribution in [0.15, 0.2) is 24.3 Å². The fraction of sp³-hybridized carbons (Fsp3) is 0.632. The Bertz CT molecular complexity index is 608. The van der Waals surface area contributed by atoms with Crippen molar-refractivity contribution in [2.45, 2.75) is 44.5 Å². The number of hydrogen-bond acceptors (Lipinski definition) is 3. The first-order valence-electron chi connectivity index (χ1n) is 9.52. The fourth-order valence-corrected chi connectivity index (χ4v) is 3.82. The summed E-state index contributed by atoms with van der Waals surface area (Å²) in [7, 11) is 0. The molecule has 0 radical (unpaired) electrons. The molecule has 2 aliphatic rings. The van der Waals surface area contributed by atoms with E-state index in [1.807, 2.05) is 4.90 Å². The minimum absolute atomic E-state index is 0.0631. The van der Waals surface area contributed by atoms with Crippen LogP contribution in [0.1, 0.15) is 31.2 Å². The number of urea groups is 1. The van der Waals surface area contributed by atoms with Crippen LogP contribution in [0.25, 0.3) is 0 Å². The molecule has 1 aromatic rings. The lowest BCUT2D eigenvalue weighted by Crippen LogP contribution is -2.49. The van der Waals surface area contributed by atoms with Gasteiger partial charge in [-0.2, -0.15) is 0 Å². The van der Waals surface area contributed by atoms with Gasteiger partial charge in [-0.1, -0.05) is 12.1 Å². The van der Waals surface area contributed by atoms with Crippen LogP contribution in [-0.4, -0.2) is 61.0 Å². The van der Waals surface area contributed by atoms with Crippen molar-refractivity contribution >= 4 is 6.03 Å². The number of carbonyl (C=O) groups excluding carboxylic acids is 1. The number of amides is 2. The van der Waals surface area contributed by atoms with E-state index < -0.39 is 6.36 Å². The summed E-state index contributed by atoms with van der Waals surface area (Å²) in [6, 6.07) is 6.27. The Balaban J connectivity index is 1.36. The monoisotopic (exact) mass is 385 g/mol. The Morgan fingerprint density at radius 3 is 2.30 bits per heavy atom. The van der Waals surface area contributed by atoms with Crippen molar-refractivity contribution in [1.29, 1.82) is 0 Å². The highest BCUT2D eigenvalue weighted by Crippen LogP contribution is 2.23. The third kappa shape index (κ3) is 6.02. The van der Waals surface area contributed by atoms with Crippen LogP contribution in [0, 0.1) is 0 Å². The number of halogens is 3. The van der Waals surface area contributed by atoms with Gasteiger partial charge in [-0.3, -0.25) is 0 Å². The van der Waals surface area contributed by atoms with Gasteiger partial charge >= 0.3 is 12.4 Å². The number of alkyl halides is 3. The van der Waals surface area contributed by atoms with Crippen molar-refractivity contribution in [2.75, 3.05) is 32.7 Å². The third-order valence-electron chi connectivity index (χ3n) is 5.26. The number of piperidine rings is 1. The van der Waals surface area contributed by atoms with Gasteiger partial charge in [0.05, 0.1) is 0 Å². The zero-order valence-corrected chi connectivity index (χ0v) is 15.3. The van der Waals surface area contributed by atoms with Gasteiger partial charge in [-0.25, -0.2) is 4.79 Å². The molecular weight excluding hydrogens is 359 g/mol. The van der Waals surface area contributed by atoms with E-state index in [1.54, 1.807) is 12.1 Å². The summed E-state index contributed by atoms with van der Waals surface area (Å²) in [6.45, 7) is 4.37. The quantitative estimate of drug-likeness (QED) is 0.845. The molecule has 0 saturated carbocycles. The SMILES string of the molecule is O=C(NCCc1ccc(OC(F)(F)F)cc1)N1CCC(N2CCCC2)CC1. The normalized spacial score (nSPS) is 19.3. The molecule has 2 fully saturated rings. The van der Waals surface area contributed by atoms with Gasteiger partial charge in [-0.15, -0.1) is 13.2 Å². The lowest BCUT2D eigenvalue weighted by molar-refractivity contribution is -0.274. The van der Waals surface area contributed by atoms with Crippen molar-refractivity contribution in [3.63, 3.8) is 0 Å². The van der Waals surface area contributed by atoms with Crippen molar-refractivity contribution in [3.05, 3.63) is 29.8 Å². The van der Waals surface area contributed by atoms with Crippen LogP contribution in [0.5, 0.6) is 5.75 Å². The minimum atomic E-state index is -4.68. The number of nitrogens with zero attached hydrogens (tertiary/aromatic N) is 2. The van der Waals surface area contributed by atoms with Gasteiger partial charge in [0.25, 0.3) is 0 Å². The van der Waals surface area contributed by atoms with Crippen molar-refractivity contribution in [2.24, 2.45) is 0 Å². The van der Waals surface area contributed by atoms with Crippen molar-refractivity contribution < 1.29 is 22.7 Å². The Kier molecular flexibility index (Phi) is 6.46. The molecule has 8 heteroatoms. The van der Waals surface area contributed by atoms with E-state index in [4.69, 9.17) is 0 Å². The summed E-state index contributed by atoms with van der Waals surface area (Å²) in [6.07, 6.45) is 0.482. The van der Waals surface area contributed by atoms with Crippen LogP contribution in [0.2, 0.25) is 0 Å². The van der Waals surface area contributed by atoms with Gasteiger partial charge in [0.2, 0.25) is 0 Å². The van der Waals surface area contributed by atoms with Crippen LogP contribution in [0.4, 0.5) is 18.0 Å². The van der Waals surface area contributed by atoms with Gasteiger partial charge in [-0.05, 0) is 62.9 Å². The number of likely N-dealkylation sites (tertiary alicyclic amines) is 2. The smallest absolute Gasteiger partial charge is 0.406 e. The number of rotatable bonds is 5. The summed E-state index contributed by atoms with van der Waals surface area (Å²) >= 11 is 0. The second kappa shape index (κ2) is 8.82. The van der Waals surface area contributed by atoms with Gasteiger partial charge in [0.15, 0.2) is 0 Å². The molecule has 0 aliphatic carbocycles. The first-order chi connectivity index (χ1) is 12.9. The molecule has 0 aromatic heterocycles. The summed E-state index contributed by atoms with van der Waals surface area (Å²) in [5, 5.41) is 2.90. The molecule has 2 amide bonds. The Morgan fingerprint density at radius 1 is 1.07 bits per heavy atom. The van der Waals surface area contributed by atoms with E-state index in [0.29, 0.717) is 19.0 Å². The van der Waals surface area contributed by atoms with Crippen LogP contribution in [-0.2, 0) is 6.42 Å². The highest BCUT2D eigenvalue weighted by molar-refractivity contribution is 5.74. The second-order valence-electron chi connectivity index (χ2n) is 7.13. The Morgan fingerprint density at radius 2 is 1.70 bits per heavy atom. The fourth-order valence-electron chi connectivity index (χ4n) is 3.82. The predicted molar refractivity (Wildman–Crippen MR) is 95.6 cm³/mol. The topological polar surface area (TPSA) is 44.8 Å². The van der Waals surface area contributed by atoms with Gasteiger partial charge in [0.1, 0.15) is 5.75 Å². The van der Waals surface area contributed by atoms with Crippen LogP contribution in [0.3, 0.4) is 0 Å². The maximum Gasteiger partial charge on any atom is 0.573 e. The number of hydrogen-bond donors (Lipinski definition) is 1. The molecular formula is C19H26F3N3O2. The van der Waals surface area contributed by atoms with E-state index in [1.165, 1.54) is 38.1 Å². The predicted octanol–water partition coefficient (Wildman–Crippen LogP) is 3.40. The molecule has 0 atom stereocenters. The maximum atomic E-state index is 12.3. The minimum Gasteiger partial charge on any atom is -0.406 e. The molecule has 2 aliphatic heterocycles.